The topological polar surface area (TPSA) is 42.6 Å². The van der Waals surface area contributed by atoms with Gasteiger partial charge < -0.3 is 9.80 Å². The molecule has 0 spiro atoms. The van der Waals surface area contributed by atoms with E-state index in [0.29, 0.717) is 13.1 Å². The summed E-state index contributed by atoms with van der Waals surface area (Å²) < 4.78 is 39.4. The van der Waals surface area contributed by atoms with Crippen molar-refractivity contribution in [2.45, 2.75) is 6.18 Å². The zero-order valence-electron chi connectivity index (χ0n) is 10.8. The minimum absolute atomic E-state index is 0.366. The maximum absolute atomic E-state index is 12.8. The van der Waals surface area contributed by atoms with Crippen molar-refractivity contribution in [1.29, 1.82) is 0 Å². The lowest BCUT2D eigenvalue weighted by molar-refractivity contribution is -0.883. The number of hydrogen-bond donors (Lipinski definition) is 1. The van der Waals surface area contributed by atoms with E-state index in [-0.39, 0.29) is 5.56 Å². The maximum atomic E-state index is 12.8. The minimum Gasteiger partial charge on any atom is -0.334 e. The number of nitrogens with one attached hydrogen (secondary N) is 1. The molecule has 2 rings (SSSR count). The molecule has 1 aliphatic rings. The van der Waals surface area contributed by atoms with Gasteiger partial charge in [0.2, 0.25) is 0 Å². The standard InChI is InChI=1S/C11H15F3N4O/c1-16-3-5-18(6-4-16)10(19)8-7-17(2)15-9(8)11(12,13)14/h7H,3-6H2,1-2H3/p+1. The van der Waals surface area contributed by atoms with Crippen LogP contribution in [0.4, 0.5) is 13.2 Å². The molecule has 1 aliphatic heterocycles. The van der Waals surface area contributed by atoms with Crippen molar-refractivity contribution in [2.24, 2.45) is 7.05 Å². The number of carbonyl (C=O) groups excluding carboxylic acids is 1. The molecule has 0 aliphatic carbocycles. The van der Waals surface area contributed by atoms with Crippen LogP contribution in [0.25, 0.3) is 0 Å². The van der Waals surface area contributed by atoms with Gasteiger partial charge in [0.1, 0.15) is 0 Å². The number of aryl methyl sites for hydroxylation is 1. The van der Waals surface area contributed by atoms with Crippen molar-refractivity contribution in [3.05, 3.63) is 17.5 Å². The predicted molar refractivity (Wildman–Crippen MR) is 60.7 cm³/mol. The first-order valence-corrected chi connectivity index (χ1v) is 6.00. The summed E-state index contributed by atoms with van der Waals surface area (Å²) in [5, 5.41) is 3.35. The number of piperazine rings is 1. The molecule has 1 aromatic rings. The molecule has 106 valence electrons. The second-order valence-corrected chi connectivity index (χ2v) is 4.81. The fourth-order valence-electron chi connectivity index (χ4n) is 2.12. The monoisotopic (exact) mass is 277 g/mol. The van der Waals surface area contributed by atoms with Gasteiger partial charge in [-0.15, -0.1) is 0 Å². The number of carbonyl (C=O) groups is 1. The molecule has 1 saturated heterocycles. The van der Waals surface area contributed by atoms with E-state index in [0.717, 1.165) is 24.0 Å². The second kappa shape index (κ2) is 4.84. The summed E-state index contributed by atoms with van der Waals surface area (Å²) in [6.07, 6.45) is -3.47. The fraction of sp³-hybridized carbons (Fsp3) is 0.636. The SMILES string of the molecule is Cn1cc(C(=O)N2CC[NH+](C)CC2)c(C(F)(F)F)n1. The minimum atomic E-state index is -4.61. The molecule has 0 aromatic carbocycles. The Kier molecular flexibility index (Phi) is 3.53. The number of hydrogen-bond acceptors (Lipinski definition) is 2. The van der Waals surface area contributed by atoms with Gasteiger partial charge in [-0.1, -0.05) is 0 Å². The molecule has 1 amide bonds. The van der Waals surface area contributed by atoms with Crippen LogP contribution in [-0.4, -0.2) is 53.8 Å². The van der Waals surface area contributed by atoms with Gasteiger partial charge >= 0.3 is 6.18 Å². The van der Waals surface area contributed by atoms with E-state index in [4.69, 9.17) is 0 Å². The van der Waals surface area contributed by atoms with Crippen LogP contribution in [0, 0.1) is 0 Å². The van der Waals surface area contributed by atoms with Crippen molar-refractivity contribution >= 4 is 5.91 Å². The van der Waals surface area contributed by atoms with E-state index in [9.17, 15) is 18.0 Å². The summed E-state index contributed by atoms with van der Waals surface area (Å²) in [6, 6.07) is 0. The van der Waals surface area contributed by atoms with E-state index < -0.39 is 17.8 Å². The Morgan fingerprint density at radius 3 is 2.47 bits per heavy atom. The number of alkyl halides is 3. The van der Waals surface area contributed by atoms with Crippen molar-refractivity contribution in [1.82, 2.24) is 14.7 Å². The van der Waals surface area contributed by atoms with E-state index in [2.05, 4.69) is 5.10 Å². The molecule has 1 N–H and O–H groups in total. The summed E-state index contributed by atoms with van der Waals surface area (Å²) in [7, 11) is 3.37. The highest BCUT2D eigenvalue weighted by molar-refractivity contribution is 5.95. The average Bonchev–Trinajstić information content (AvgIpc) is 2.71. The van der Waals surface area contributed by atoms with Crippen LogP contribution in [0.15, 0.2) is 6.20 Å². The van der Waals surface area contributed by atoms with Gasteiger partial charge in [-0.3, -0.25) is 9.48 Å². The second-order valence-electron chi connectivity index (χ2n) is 4.81. The lowest BCUT2D eigenvalue weighted by Crippen LogP contribution is -3.12. The molecular weight excluding hydrogens is 261 g/mol. The lowest BCUT2D eigenvalue weighted by Gasteiger charge is -2.30. The first-order valence-electron chi connectivity index (χ1n) is 6.00. The molecule has 8 heteroatoms. The zero-order chi connectivity index (χ0) is 14.2. The highest BCUT2D eigenvalue weighted by Crippen LogP contribution is 2.31. The highest BCUT2D eigenvalue weighted by Gasteiger charge is 2.40. The number of halogens is 3. The van der Waals surface area contributed by atoms with Gasteiger partial charge in [0.25, 0.3) is 5.91 Å². The fourth-order valence-corrected chi connectivity index (χ4v) is 2.12. The third-order valence-electron chi connectivity index (χ3n) is 3.23. The molecule has 1 fully saturated rings. The number of amides is 1. The molecule has 2 heterocycles. The third kappa shape index (κ3) is 2.89. The number of nitrogens with zero attached hydrogens (tertiary/aromatic N) is 3. The van der Waals surface area contributed by atoms with Crippen molar-refractivity contribution in [3.63, 3.8) is 0 Å². The Labute approximate surface area is 108 Å². The molecule has 5 nitrogen and oxygen atoms in total. The summed E-state index contributed by atoms with van der Waals surface area (Å²) in [5.41, 5.74) is -1.47. The molecular formula is C11H16F3N4O+. The quantitative estimate of drug-likeness (QED) is 0.745. The Morgan fingerprint density at radius 2 is 1.95 bits per heavy atom. The molecule has 0 radical (unpaired) electrons. The van der Waals surface area contributed by atoms with E-state index in [1.165, 1.54) is 16.8 Å². The maximum Gasteiger partial charge on any atom is 0.435 e. The first-order chi connectivity index (χ1) is 8.79. The van der Waals surface area contributed by atoms with Crippen LogP contribution in [0.2, 0.25) is 0 Å². The third-order valence-corrected chi connectivity index (χ3v) is 3.23. The van der Waals surface area contributed by atoms with Crippen molar-refractivity contribution in [3.8, 4) is 0 Å². The van der Waals surface area contributed by atoms with E-state index in [1.54, 1.807) is 0 Å². The highest BCUT2D eigenvalue weighted by atomic mass is 19.4. The summed E-state index contributed by atoms with van der Waals surface area (Å²) in [6.45, 7) is 2.43. The van der Waals surface area contributed by atoms with Crippen LogP contribution >= 0.6 is 0 Å². The van der Waals surface area contributed by atoms with Gasteiger partial charge in [0.05, 0.1) is 38.8 Å². The van der Waals surface area contributed by atoms with Crippen LogP contribution in [0.5, 0.6) is 0 Å². The number of rotatable bonds is 1. The normalized spacial score (nSPS) is 17.8. The van der Waals surface area contributed by atoms with Crippen molar-refractivity contribution in [2.75, 3.05) is 33.2 Å². The Hall–Kier alpha value is -1.57. The number of likely N-dealkylation sites (N-methyl/N-ethyl adjacent to an activating group) is 1. The van der Waals surface area contributed by atoms with E-state index >= 15 is 0 Å². The molecule has 0 atom stereocenters. The first kappa shape index (κ1) is 13.9. The predicted octanol–water partition coefficient (Wildman–Crippen LogP) is -0.591. The smallest absolute Gasteiger partial charge is 0.334 e. The van der Waals surface area contributed by atoms with E-state index in [1.807, 2.05) is 7.05 Å². The van der Waals surface area contributed by atoms with Gasteiger partial charge in [-0.2, -0.15) is 18.3 Å². The van der Waals surface area contributed by atoms with Crippen LogP contribution in [0.3, 0.4) is 0 Å². The van der Waals surface area contributed by atoms with Gasteiger partial charge in [0, 0.05) is 13.2 Å². The average molecular weight is 277 g/mol. The summed E-state index contributed by atoms with van der Waals surface area (Å²) >= 11 is 0. The summed E-state index contributed by atoms with van der Waals surface area (Å²) in [4.78, 5) is 14.9. The zero-order valence-corrected chi connectivity index (χ0v) is 10.8. The largest absolute Gasteiger partial charge is 0.435 e. The summed E-state index contributed by atoms with van der Waals surface area (Å²) in [5.74, 6) is -0.590. The Morgan fingerprint density at radius 1 is 1.37 bits per heavy atom. The molecule has 0 unspecified atom stereocenters. The molecule has 19 heavy (non-hydrogen) atoms. The van der Waals surface area contributed by atoms with Gasteiger partial charge in [0.15, 0.2) is 5.69 Å². The van der Waals surface area contributed by atoms with Crippen molar-refractivity contribution < 1.29 is 22.9 Å². The van der Waals surface area contributed by atoms with Crippen LogP contribution < -0.4 is 4.90 Å². The molecule has 0 bridgehead atoms. The van der Waals surface area contributed by atoms with Gasteiger partial charge in [-0.25, -0.2) is 0 Å². The van der Waals surface area contributed by atoms with Crippen LogP contribution in [0.1, 0.15) is 16.1 Å². The van der Waals surface area contributed by atoms with Gasteiger partial charge in [-0.05, 0) is 0 Å². The Balaban J connectivity index is 2.24. The van der Waals surface area contributed by atoms with Crippen LogP contribution in [-0.2, 0) is 13.2 Å². The lowest BCUT2D eigenvalue weighted by atomic mass is 10.2. The molecule has 1 aromatic heterocycles. The Bertz CT molecular complexity index is 475. The molecule has 0 saturated carbocycles. The number of aromatic nitrogens is 2. The number of quaternary nitrogens is 1.